The lowest BCUT2D eigenvalue weighted by Crippen LogP contribution is -2.45. The Morgan fingerprint density at radius 2 is 0.875 bits per heavy atom. The summed E-state index contributed by atoms with van der Waals surface area (Å²) in [6, 6.07) is -0.660. The van der Waals surface area contributed by atoms with E-state index in [2.05, 4.69) is 93.7 Å². The van der Waals surface area contributed by atoms with Gasteiger partial charge in [-0.15, -0.1) is 0 Å². The lowest BCUT2D eigenvalue weighted by Gasteiger charge is -2.43. The van der Waals surface area contributed by atoms with Gasteiger partial charge in [0.05, 0.1) is 50.8 Å². The number of nitrogens with two attached hydrogens (primary N) is 1. The van der Waals surface area contributed by atoms with Crippen LogP contribution < -0.4 is 16.4 Å². The Hall–Kier alpha value is -3.22. The molecule has 0 radical (unpaired) electrons. The summed E-state index contributed by atoms with van der Waals surface area (Å²) in [5.41, 5.74) is 6.52. The molecule has 15 unspecified atom stereocenters. The van der Waals surface area contributed by atoms with E-state index in [1.165, 1.54) is 6.92 Å². The topological polar surface area (TPSA) is 257 Å². The van der Waals surface area contributed by atoms with Crippen LogP contribution in [-0.4, -0.2) is 188 Å². The summed E-state index contributed by atoms with van der Waals surface area (Å²) in [7, 11) is 0. The van der Waals surface area contributed by atoms with Crippen molar-refractivity contribution < 1.29 is 80.9 Å². The Bertz CT molecular complexity index is 1990. The maximum Gasteiger partial charge on any atom is 0.305 e. The molecule has 0 spiro atoms. The molecule has 3 saturated heterocycles. The van der Waals surface area contributed by atoms with E-state index in [4.69, 9.17) is 57.8 Å². The minimum atomic E-state index is -0.660. The second kappa shape index (κ2) is 53.6. The molecule has 96 heavy (non-hydrogen) atoms. The number of hydrogen-bond donors (Lipinski definition) is 3. The molecule has 3 heterocycles. The first-order chi connectivity index (χ1) is 46.0. The van der Waals surface area contributed by atoms with Gasteiger partial charge in [0.2, 0.25) is 17.7 Å². The second-order valence-corrected chi connectivity index (χ2v) is 27.7. The van der Waals surface area contributed by atoms with E-state index in [1.54, 1.807) is 4.90 Å². The van der Waals surface area contributed by atoms with Crippen LogP contribution in [0, 0.1) is 53.3 Å². The number of unbranched alkanes of at least 4 members (excludes halogenated alkanes) is 5. The molecule has 0 aromatic carbocycles. The first-order valence-electron chi connectivity index (χ1n) is 37.9. The summed E-state index contributed by atoms with van der Waals surface area (Å²) in [6.07, 6.45) is 14.7. The Balaban J connectivity index is 0.00000110. The Morgan fingerprint density at radius 3 is 1.30 bits per heavy atom. The number of rotatable bonds is 53. The Kier molecular flexibility index (Phi) is 49.6. The van der Waals surface area contributed by atoms with Crippen LogP contribution in [0.2, 0.25) is 0 Å². The van der Waals surface area contributed by atoms with Crippen molar-refractivity contribution in [3.05, 3.63) is 0 Å². The van der Waals surface area contributed by atoms with E-state index in [9.17, 15) is 28.8 Å². The highest BCUT2D eigenvalue weighted by Gasteiger charge is 2.41. The lowest BCUT2D eigenvalue weighted by molar-refractivity contribution is -0.248. The molecule has 0 bridgehead atoms. The molecule has 3 amide bonds. The first kappa shape index (κ1) is 88.9. The average Bonchev–Trinajstić information content (AvgIpc) is 0.933. The molecule has 4 N–H and O–H groups in total. The van der Waals surface area contributed by atoms with Crippen LogP contribution in [0.1, 0.15) is 245 Å². The molecule has 0 aliphatic carbocycles. The summed E-state index contributed by atoms with van der Waals surface area (Å²) in [5.74, 6) is 4.08. The van der Waals surface area contributed by atoms with Gasteiger partial charge in [0.1, 0.15) is 24.3 Å². The third-order valence-electron chi connectivity index (χ3n) is 20.4. The normalized spacial score (nSPS) is 26.4. The number of nitrogens with one attached hydrogen (secondary N) is 2. The number of carbonyl (C=O) groups excluding carboxylic acids is 6. The smallest absolute Gasteiger partial charge is 0.305 e. The van der Waals surface area contributed by atoms with Crippen molar-refractivity contribution in [1.82, 2.24) is 15.5 Å². The van der Waals surface area contributed by atoms with Gasteiger partial charge in [0.25, 0.3) is 0 Å². The van der Waals surface area contributed by atoms with Gasteiger partial charge in [0.15, 0.2) is 18.9 Å². The maximum atomic E-state index is 13.7. The van der Waals surface area contributed by atoms with Gasteiger partial charge in [-0.25, -0.2) is 0 Å². The number of Topliss-reactive ketones (excluding diaryl/α,β-unsaturated/α-hetero) is 2. The fourth-order valence-electron chi connectivity index (χ4n) is 12.8. The average molecular weight is 1370 g/mol. The van der Waals surface area contributed by atoms with Crippen molar-refractivity contribution in [1.29, 1.82) is 0 Å². The van der Waals surface area contributed by atoms with Gasteiger partial charge < -0.3 is 73.4 Å². The predicted molar refractivity (Wildman–Crippen MR) is 376 cm³/mol. The third kappa shape index (κ3) is 36.9. The zero-order valence-corrected chi connectivity index (χ0v) is 62.9. The number of esters is 1. The molecular weight excluding hydrogens is 1230 g/mol. The number of ketones is 2. The van der Waals surface area contributed by atoms with Gasteiger partial charge in [0, 0.05) is 122 Å². The third-order valence-corrected chi connectivity index (χ3v) is 20.4. The summed E-state index contributed by atoms with van der Waals surface area (Å²) >= 11 is 0. The number of ether oxygens (including phenoxy) is 11. The molecule has 21 heteroatoms. The number of amides is 3. The van der Waals surface area contributed by atoms with Gasteiger partial charge in [-0.3, -0.25) is 28.8 Å². The van der Waals surface area contributed by atoms with Gasteiger partial charge in [-0.2, -0.15) is 0 Å². The minimum Gasteiger partial charge on any atom is -0.463 e. The van der Waals surface area contributed by atoms with Crippen LogP contribution in [-0.2, 0) is 80.9 Å². The SMILES string of the molecule is CCC1OC(OCCCCC(=O)CCCCC[C@H](N)C(=O)N(CCCNC(=O)CCCCOC2OC(CC)C(C)C(C)C2C)CCCNC(=O)CCCCOC2OC(CC)C(C)C(C)C2C)C(C)C(C)C1C.CCOC[C@H](COC(=O)CCCOCCOCCC(C)=O)OCC. The summed E-state index contributed by atoms with van der Waals surface area (Å²) in [6.45, 7) is 39.2. The zero-order chi connectivity index (χ0) is 71.2. The molecule has 562 valence electrons. The van der Waals surface area contributed by atoms with Gasteiger partial charge in [-0.05, 0) is 146 Å². The van der Waals surface area contributed by atoms with Crippen molar-refractivity contribution in [3.63, 3.8) is 0 Å². The van der Waals surface area contributed by atoms with Crippen LogP contribution in [0.5, 0.6) is 0 Å². The molecule has 21 nitrogen and oxygen atoms in total. The van der Waals surface area contributed by atoms with Gasteiger partial charge >= 0.3 is 5.97 Å². The highest BCUT2D eigenvalue weighted by Crippen LogP contribution is 2.39. The monoisotopic (exact) mass is 1370 g/mol. The van der Waals surface area contributed by atoms with E-state index < -0.39 is 6.04 Å². The van der Waals surface area contributed by atoms with Crippen molar-refractivity contribution in [2.45, 2.75) is 294 Å². The molecule has 3 fully saturated rings. The lowest BCUT2D eigenvalue weighted by atomic mass is 9.78. The summed E-state index contributed by atoms with van der Waals surface area (Å²) < 4.78 is 63.7. The summed E-state index contributed by atoms with van der Waals surface area (Å²) in [5, 5.41) is 6.06. The fraction of sp³-hybridized carbons (Fsp3) is 0.920. The number of nitrogens with zero attached hydrogens (tertiary/aromatic N) is 1. The van der Waals surface area contributed by atoms with E-state index in [0.717, 1.165) is 77.0 Å². The van der Waals surface area contributed by atoms with Crippen molar-refractivity contribution in [3.8, 4) is 0 Å². The van der Waals surface area contributed by atoms with Crippen molar-refractivity contribution in [2.75, 3.05) is 98.9 Å². The van der Waals surface area contributed by atoms with E-state index in [1.807, 2.05) is 13.8 Å². The van der Waals surface area contributed by atoms with Crippen LogP contribution in [0.15, 0.2) is 0 Å². The number of hydrogen-bond acceptors (Lipinski definition) is 18. The van der Waals surface area contributed by atoms with E-state index in [0.29, 0.717) is 210 Å². The van der Waals surface area contributed by atoms with Crippen molar-refractivity contribution >= 4 is 35.3 Å². The van der Waals surface area contributed by atoms with E-state index >= 15 is 0 Å². The van der Waals surface area contributed by atoms with Crippen LogP contribution in [0.3, 0.4) is 0 Å². The zero-order valence-electron chi connectivity index (χ0n) is 62.9. The van der Waals surface area contributed by atoms with Crippen LogP contribution in [0.4, 0.5) is 0 Å². The molecular formula is C75H140N4O17. The quantitative estimate of drug-likeness (QED) is 0.0378. The Morgan fingerprint density at radius 1 is 0.438 bits per heavy atom. The largest absolute Gasteiger partial charge is 0.463 e. The summed E-state index contributed by atoms with van der Waals surface area (Å²) in [4.78, 5) is 76.1. The molecule has 3 rings (SSSR count). The van der Waals surface area contributed by atoms with Crippen LogP contribution in [0.25, 0.3) is 0 Å². The van der Waals surface area contributed by atoms with E-state index in [-0.39, 0.29) is 85.2 Å². The fourth-order valence-corrected chi connectivity index (χ4v) is 12.8. The van der Waals surface area contributed by atoms with Crippen LogP contribution >= 0.6 is 0 Å². The Labute approximate surface area is 581 Å². The molecule has 0 aromatic rings. The first-order valence-corrected chi connectivity index (χ1v) is 37.9. The molecule has 3 aliphatic heterocycles. The number of carbonyl (C=O) groups is 6. The minimum absolute atomic E-state index is 0.0118. The predicted octanol–water partition coefficient (Wildman–Crippen LogP) is 12.1. The highest BCUT2D eigenvalue weighted by molar-refractivity contribution is 5.81. The molecule has 0 aromatic heterocycles. The molecule has 3 aliphatic rings. The second-order valence-electron chi connectivity index (χ2n) is 27.7. The van der Waals surface area contributed by atoms with Gasteiger partial charge in [-0.1, -0.05) is 95.9 Å². The maximum absolute atomic E-state index is 13.7. The molecule has 17 atom stereocenters. The molecule has 0 saturated carbocycles. The standard InChI is InChI=1S/C58H108N4O10.C17H32O7/c1-13-50-42(7)39(4)45(10)56(70-50)67-36-22-19-28-48(63)27-17-16-18-29-49(59)55(66)62(34-25-32-60-53(64)30-20-23-37-68-57-46(11)40(5)43(8)51(14-2)71-57)35-26-33-61-54(65)31-21-24-38-69-58-47(12)41(6)44(9)52(15-3)72-58;1-4-20-13-16(23-5-2)14-24-17(19)7-6-9-21-11-12-22-10-8-15(3)18/h39-47,49-52,56-58H,13-38,59H2,1-12H3,(H,60,64)(H,61,65);16H,4-14H2,1-3H3/t39?,40?,41?,42?,43?,44?,45?,46?,47?,49-,50?,51?,52?,56?,57?,58?;16-/m01/s1. The van der Waals surface area contributed by atoms with Crippen molar-refractivity contribution in [2.24, 2.45) is 59.0 Å². The highest BCUT2D eigenvalue weighted by atomic mass is 16.7.